The second kappa shape index (κ2) is 3.33. The van der Waals surface area contributed by atoms with Crippen molar-refractivity contribution in [2.45, 2.75) is 32.1 Å². The molecule has 0 aromatic carbocycles. The normalized spacial score (nSPS) is 25.3. The average Bonchev–Trinajstić information content (AvgIpc) is 2.88. The van der Waals surface area contributed by atoms with Gasteiger partial charge in [-0.3, -0.25) is 4.98 Å². The van der Waals surface area contributed by atoms with E-state index in [1.165, 1.54) is 24.0 Å². The van der Waals surface area contributed by atoms with Gasteiger partial charge in [-0.05, 0) is 31.0 Å². The van der Waals surface area contributed by atoms with Crippen molar-refractivity contribution < 1.29 is 4.74 Å². The SMILES string of the molecule is c1nc2c(cc1C1CCCN1)COC2. The average molecular weight is 190 g/mol. The zero-order valence-corrected chi connectivity index (χ0v) is 8.12. The first-order valence-electron chi connectivity index (χ1n) is 5.22. The zero-order chi connectivity index (χ0) is 9.38. The first kappa shape index (κ1) is 8.38. The van der Waals surface area contributed by atoms with Gasteiger partial charge in [-0.1, -0.05) is 0 Å². The predicted molar refractivity (Wildman–Crippen MR) is 52.7 cm³/mol. The second-order valence-corrected chi connectivity index (χ2v) is 4.02. The van der Waals surface area contributed by atoms with Crippen molar-refractivity contribution >= 4 is 0 Å². The summed E-state index contributed by atoms with van der Waals surface area (Å²) in [6, 6.07) is 2.77. The molecule has 1 atom stereocenters. The van der Waals surface area contributed by atoms with E-state index in [1.807, 2.05) is 6.20 Å². The van der Waals surface area contributed by atoms with E-state index in [2.05, 4.69) is 16.4 Å². The van der Waals surface area contributed by atoms with Crippen LogP contribution in [0.15, 0.2) is 12.3 Å². The van der Waals surface area contributed by atoms with Gasteiger partial charge >= 0.3 is 0 Å². The number of pyridine rings is 1. The lowest BCUT2D eigenvalue weighted by molar-refractivity contribution is 0.133. The maximum absolute atomic E-state index is 5.35. The Morgan fingerprint density at radius 2 is 2.43 bits per heavy atom. The number of hydrogen-bond acceptors (Lipinski definition) is 3. The highest BCUT2D eigenvalue weighted by molar-refractivity contribution is 5.28. The van der Waals surface area contributed by atoms with Crippen LogP contribution in [-0.4, -0.2) is 11.5 Å². The van der Waals surface area contributed by atoms with Crippen molar-refractivity contribution in [1.29, 1.82) is 0 Å². The van der Waals surface area contributed by atoms with Crippen LogP contribution in [0.25, 0.3) is 0 Å². The minimum atomic E-state index is 0.522. The summed E-state index contributed by atoms with van der Waals surface area (Å²) in [5.74, 6) is 0. The summed E-state index contributed by atoms with van der Waals surface area (Å²) >= 11 is 0. The smallest absolute Gasteiger partial charge is 0.0896 e. The molecule has 0 saturated carbocycles. The lowest BCUT2D eigenvalue weighted by atomic mass is 10.0. The van der Waals surface area contributed by atoms with E-state index in [1.54, 1.807) is 0 Å². The van der Waals surface area contributed by atoms with Crippen LogP contribution < -0.4 is 5.32 Å². The third-order valence-corrected chi connectivity index (χ3v) is 3.04. The fourth-order valence-corrected chi connectivity index (χ4v) is 2.23. The molecule has 3 heterocycles. The highest BCUT2D eigenvalue weighted by atomic mass is 16.5. The van der Waals surface area contributed by atoms with Gasteiger partial charge in [-0.2, -0.15) is 0 Å². The van der Waals surface area contributed by atoms with Crippen LogP contribution in [0.3, 0.4) is 0 Å². The molecule has 1 aromatic rings. The summed E-state index contributed by atoms with van der Waals surface area (Å²) in [6.07, 6.45) is 4.51. The summed E-state index contributed by atoms with van der Waals surface area (Å²) in [7, 11) is 0. The number of nitrogens with one attached hydrogen (secondary N) is 1. The van der Waals surface area contributed by atoms with E-state index in [0.717, 1.165) is 18.8 Å². The van der Waals surface area contributed by atoms with Gasteiger partial charge in [0.25, 0.3) is 0 Å². The maximum Gasteiger partial charge on any atom is 0.0896 e. The molecule has 74 valence electrons. The predicted octanol–water partition coefficient (Wildman–Crippen LogP) is 1.54. The van der Waals surface area contributed by atoms with Gasteiger partial charge in [0.15, 0.2) is 0 Å². The van der Waals surface area contributed by atoms with Crippen molar-refractivity contribution in [1.82, 2.24) is 10.3 Å². The first-order chi connectivity index (χ1) is 6.93. The third-order valence-electron chi connectivity index (χ3n) is 3.04. The molecule has 0 aliphatic carbocycles. The maximum atomic E-state index is 5.35. The van der Waals surface area contributed by atoms with Crippen LogP contribution in [-0.2, 0) is 18.0 Å². The van der Waals surface area contributed by atoms with Crippen molar-refractivity contribution in [3.63, 3.8) is 0 Å². The van der Waals surface area contributed by atoms with Crippen molar-refractivity contribution in [2.75, 3.05) is 6.54 Å². The minimum absolute atomic E-state index is 0.522. The Labute approximate surface area is 83.5 Å². The Bertz CT molecular complexity index is 345. The number of nitrogens with zero attached hydrogens (tertiary/aromatic N) is 1. The van der Waals surface area contributed by atoms with Crippen molar-refractivity contribution in [3.05, 3.63) is 29.1 Å². The molecule has 0 amide bonds. The Kier molecular flexibility index (Phi) is 2.00. The highest BCUT2D eigenvalue weighted by Crippen LogP contribution is 2.26. The molecule has 1 unspecified atom stereocenters. The second-order valence-electron chi connectivity index (χ2n) is 4.02. The number of aromatic nitrogens is 1. The molecule has 2 aliphatic rings. The largest absolute Gasteiger partial charge is 0.370 e. The van der Waals surface area contributed by atoms with Crippen LogP contribution in [0.1, 0.15) is 35.7 Å². The quantitative estimate of drug-likeness (QED) is 0.729. The van der Waals surface area contributed by atoms with Crippen LogP contribution in [0.2, 0.25) is 0 Å². The van der Waals surface area contributed by atoms with Gasteiger partial charge in [0.1, 0.15) is 0 Å². The van der Waals surface area contributed by atoms with Crippen molar-refractivity contribution in [3.8, 4) is 0 Å². The summed E-state index contributed by atoms with van der Waals surface area (Å²) < 4.78 is 5.35. The molecule has 0 spiro atoms. The standard InChI is InChI=1S/C11H14N2O/c1-2-10(12-3-1)8-4-9-6-14-7-11(9)13-5-8/h4-5,10,12H,1-3,6-7H2. The first-order valence-corrected chi connectivity index (χ1v) is 5.22. The number of fused-ring (bicyclic) bond motifs is 1. The molecule has 0 bridgehead atoms. The fourth-order valence-electron chi connectivity index (χ4n) is 2.23. The van der Waals surface area contributed by atoms with E-state index in [9.17, 15) is 0 Å². The number of rotatable bonds is 1. The number of hydrogen-bond donors (Lipinski definition) is 1. The Morgan fingerprint density at radius 1 is 1.43 bits per heavy atom. The Balaban J connectivity index is 1.91. The zero-order valence-electron chi connectivity index (χ0n) is 8.12. The molecular weight excluding hydrogens is 176 g/mol. The minimum Gasteiger partial charge on any atom is -0.370 e. The fraction of sp³-hybridized carbons (Fsp3) is 0.545. The molecule has 1 fully saturated rings. The lowest BCUT2D eigenvalue weighted by Gasteiger charge is -2.10. The monoisotopic (exact) mass is 190 g/mol. The number of ether oxygens (including phenoxy) is 1. The molecule has 2 aliphatic heterocycles. The van der Waals surface area contributed by atoms with Crippen molar-refractivity contribution in [2.24, 2.45) is 0 Å². The van der Waals surface area contributed by atoms with Crippen LogP contribution in [0, 0.1) is 0 Å². The Morgan fingerprint density at radius 3 is 3.29 bits per heavy atom. The van der Waals surface area contributed by atoms with Gasteiger partial charge in [-0.15, -0.1) is 0 Å². The molecule has 1 saturated heterocycles. The van der Waals surface area contributed by atoms with E-state index >= 15 is 0 Å². The summed E-state index contributed by atoms with van der Waals surface area (Å²) in [5, 5.41) is 3.48. The molecule has 0 radical (unpaired) electrons. The van der Waals surface area contributed by atoms with Gasteiger partial charge in [0.2, 0.25) is 0 Å². The van der Waals surface area contributed by atoms with Crippen LogP contribution in [0.5, 0.6) is 0 Å². The van der Waals surface area contributed by atoms with E-state index in [4.69, 9.17) is 4.74 Å². The van der Waals surface area contributed by atoms with Gasteiger partial charge in [-0.25, -0.2) is 0 Å². The molecule has 3 rings (SSSR count). The van der Waals surface area contributed by atoms with E-state index in [0.29, 0.717) is 12.6 Å². The summed E-state index contributed by atoms with van der Waals surface area (Å²) in [5.41, 5.74) is 3.72. The van der Waals surface area contributed by atoms with Gasteiger partial charge < -0.3 is 10.1 Å². The third kappa shape index (κ3) is 1.33. The van der Waals surface area contributed by atoms with Gasteiger partial charge in [0.05, 0.1) is 18.9 Å². The Hall–Kier alpha value is -0.930. The molecule has 3 heteroatoms. The summed E-state index contributed by atoms with van der Waals surface area (Å²) in [4.78, 5) is 4.44. The van der Waals surface area contributed by atoms with Crippen LogP contribution >= 0.6 is 0 Å². The molecule has 1 N–H and O–H groups in total. The summed E-state index contributed by atoms with van der Waals surface area (Å²) in [6.45, 7) is 2.56. The lowest BCUT2D eigenvalue weighted by Crippen LogP contribution is -2.13. The molecule has 1 aromatic heterocycles. The van der Waals surface area contributed by atoms with Crippen LogP contribution in [0.4, 0.5) is 0 Å². The molecule has 14 heavy (non-hydrogen) atoms. The van der Waals surface area contributed by atoms with E-state index < -0.39 is 0 Å². The van der Waals surface area contributed by atoms with Gasteiger partial charge in [0, 0.05) is 17.8 Å². The topological polar surface area (TPSA) is 34.2 Å². The van der Waals surface area contributed by atoms with E-state index in [-0.39, 0.29) is 0 Å². The molecule has 3 nitrogen and oxygen atoms in total. The highest BCUT2D eigenvalue weighted by Gasteiger charge is 2.19. The molecular formula is C11H14N2O.